The molecule has 0 radical (unpaired) electrons. The predicted octanol–water partition coefficient (Wildman–Crippen LogP) is 3.03. The van der Waals surface area contributed by atoms with Gasteiger partial charge in [-0.25, -0.2) is 8.78 Å². The number of alkyl halides is 2. The number of nitrogens with two attached hydrogens (primary N) is 1. The summed E-state index contributed by atoms with van der Waals surface area (Å²) >= 11 is 4.64. The molecule has 3 nitrogen and oxygen atoms in total. The van der Waals surface area contributed by atoms with Crippen molar-refractivity contribution in [2.45, 2.75) is 29.4 Å². The number of benzene rings is 1. The molecule has 1 amide bonds. The highest BCUT2D eigenvalue weighted by atomic mass is 79.9. The molecule has 0 spiro atoms. The molecule has 0 saturated carbocycles. The van der Waals surface area contributed by atoms with Gasteiger partial charge in [0.1, 0.15) is 0 Å². The first-order valence-corrected chi connectivity index (χ1v) is 7.58. The van der Waals surface area contributed by atoms with Crippen molar-refractivity contribution in [2.75, 3.05) is 13.1 Å². The van der Waals surface area contributed by atoms with E-state index in [0.29, 0.717) is 0 Å². The Morgan fingerprint density at radius 3 is 2.40 bits per heavy atom. The zero-order chi connectivity index (χ0) is 15.4. The molecule has 0 aliphatic heterocycles. The maximum atomic E-state index is 13.0. The third kappa shape index (κ3) is 5.38. The van der Waals surface area contributed by atoms with Crippen LogP contribution < -0.4 is 11.1 Å². The van der Waals surface area contributed by atoms with Crippen LogP contribution >= 0.6 is 27.7 Å². The van der Waals surface area contributed by atoms with Gasteiger partial charge in [-0.2, -0.15) is 0 Å². The van der Waals surface area contributed by atoms with Crippen LogP contribution in [0.5, 0.6) is 0 Å². The van der Waals surface area contributed by atoms with E-state index in [1.165, 1.54) is 11.8 Å². The topological polar surface area (TPSA) is 55.1 Å². The number of rotatable bonds is 6. The number of carbonyl (C=O) groups is 1. The number of hydrogen-bond acceptors (Lipinski definition) is 3. The molecule has 0 heterocycles. The molecule has 1 aromatic rings. The molecule has 0 saturated heterocycles. The Morgan fingerprint density at radius 2 is 1.90 bits per heavy atom. The number of hydrogen-bond donors (Lipinski definition) is 2. The van der Waals surface area contributed by atoms with Crippen LogP contribution in [0.1, 0.15) is 13.8 Å². The summed E-state index contributed by atoms with van der Waals surface area (Å²) in [6, 6.07) is 7.44. The van der Waals surface area contributed by atoms with Crippen molar-refractivity contribution in [1.29, 1.82) is 0 Å². The lowest BCUT2D eigenvalue weighted by Gasteiger charge is -2.24. The zero-order valence-corrected chi connectivity index (χ0v) is 13.7. The number of halogens is 3. The van der Waals surface area contributed by atoms with Gasteiger partial charge in [0.25, 0.3) is 5.92 Å². The average molecular weight is 367 g/mol. The highest BCUT2D eigenvalue weighted by Crippen LogP contribution is 2.33. The Kier molecular flexibility index (Phi) is 5.97. The van der Waals surface area contributed by atoms with Crippen LogP contribution in [0.2, 0.25) is 0 Å². The van der Waals surface area contributed by atoms with Gasteiger partial charge < -0.3 is 11.1 Å². The summed E-state index contributed by atoms with van der Waals surface area (Å²) in [4.78, 5) is 12.9. The van der Waals surface area contributed by atoms with Crippen LogP contribution in [0.25, 0.3) is 0 Å². The summed E-state index contributed by atoms with van der Waals surface area (Å²) < 4.78 is 26.1. The Labute approximate surface area is 129 Å². The molecule has 0 aliphatic rings. The molecule has 112 valence electrons. The Hall–Kier alpha value is -0.660. The normalized spacial score (nSPS) is 12.3. The SMILES string of the molecule is CC(C)(Sc1ccc(Br)cc1)C(=O)NCC(F)(F)CN. The predicted molar refractivity (Wildman–Crippen MR) is 81.1 cm³/mol. The lowest BCUT2D eigenvalue weighted by Crippen LogP contribution is -2.47. The second-order valence-electron chi connectivity index (χ2n) is 4.81. The molecule has 3 N–H and O–H groups in total. The van der Waals surface area contributed by atoms with E-state index in [0.717, 1.165) is 9.37 Å². The monoisotopic (exact) mass is 366 g/mol. The van der Waals surface area contributed by atoms with Gasteiger partial charge in [-0.3, -0.25) is 4.79 Å². The van der Waals surface area contributed by atoms with Crippen molar-refractivity contribution < 1.29 is 13.6 Å². The van der Waals surface area contributed by atoms with Gasteiger partial charge in [0.2, 0.25) is 5.91 Å². The fourth-order valence-electron chi connectivity index (χ4n) is 1.34. The Morgan fingerprint density at radius 1 is 1.35 bits per heavy atom. The number of amides is 1. The maximum absolute atomic E-state index is 13.0. The third-order valence-electron chi connectivity index (χ3n) is 2.54. The number of thioether (sulfide) groups is 1. The summed E-state index contributed by atoms with van der Waals surface area (Å²) in [6.07, 6.45) is 0. The molecule has 0 fully saturated rings. The molecular formula is C13H17BrF2N2OS. The second-order valence-corrected chi connectivity index (χ2v) is 7.42. The molecule has 0 aliphatic carbocycles. The summed E-state index contributed by atoms with van der Waals surface area (Å²) in [5.74, 6) is -3.52. The fraction of sp³-hybridized carbons (Fsp3) is 0.462. The highest BCUT2D eigenvalue weighted by molar-refractivity contribution is 9.10. The van der Waals surface area contributed by atoms with Crippen molar-refractivity contribution in [2.24, 2.45) is 5.73 Å². The molecule has 1 rings (SSSR count). The first-order valence-electron chi connectivity index (χ1n) is 5.97. The molecule has 0 aromatic heterocycles. The average Bonchev–Trinajstić information content (AvgIpc) is 2.38. The lowest BCUT2D eigenvalue weighted by atomic mass is 10.2. The molecule has 7 heteroatoms. The van der Waals surface area contributed by atoms with Crippen LogP contribution in [0, 0.1) is 0 Å². The molecule has 0 unspecified atom stereocenters. The lowest BCUT2D eigenvalue weighted by molar-refractivity contribution is -0.124. The van der Waals surface area contributed by atoms with Crippen LogP contribution in [0.15, 0.2) is 33.6 Å². The van der Waals surface area contributed by atoms with Gasteiger partial charge in [0.05, 0.1) is 17.8 Å². The van der Waals surface area contributed by atoms with Crippen molar-refractivity contribution >= 4 is 33.6 Å². The molecule has 0 atom stereocenters. The van der Waals surface area contributed by atoms with Crippen molar-refractivity contribution in [3.63, 3.8) is 0 Å². The van der Waals surface area contributed by atoms with E-state index in [4.69, 9.17) is 5.73 Å². The molecule has 20 heavy (non-hydrogen) atoms. The van der Waals surface area contributed by atoms with E-state index in [-0.39, 0.29) is 0 Å². The summed E-state index contributed by atoms with van der Waals surface area (Å²) in [5, 5.41) is 2.25. The Balaban J connectivity index is 2.63. The number of carbonyl (C=O) groups excluding carboxylic acids is 1. The van der Waals surface area contributed by atoms with Crippen LogP contribution in [-0.4, -0.2) is 29.7 Å². The van der Waals surface area contributed by atoms with E-state index in [2.05, 4.69) is 21.2 Å². The molecular weight excluding hydrogens is 350 g/mol. The van der Waals surface area contributed by atoms with Crippen molar-refractivity contribution in [3.05, 3.63) is 28.7 Å². The van der Waals surface area contributed by atoms with E-state index in [1.54, 1.807) is 13.8 Å². The van der Waals surface area contributed by atoms with E-state index in [9.17, 15) is 13.6 Å². The maximum Gasteiger partial charge on any atom is 0.277 e. The van der Waals surface area contributed by atoms with Crippen LogP contribution in [0.3, 0.4) is 0 Å². The largest absolute Gasteiger partial charge is 0.349 e. The van der Waals surface area contributed by atoms with Gasteiger partial charge in [0.15, 0.2) is 0 Å². The smallest absolute Gasteiger partial charge is 0.277 e. The van der Waals surface area contributed by atoms with Crippen LogP contribution in [0.4, 0.5) is 8.78 Å². The first-order chi connectivity index (χ1) is 9.16. The van der Waals surface area contributed by atoms with Gasteiger partial charge >= 0.3 is 0 Å². The highest BCUT2D eigenvalue weighted by Gasteiger charge is 2.33. The standard InChI is InChI=1S/C13H17BrF2N2OS/c1-12(2,11(19)18-8-13(15,16)7-17)20-10-5-3-9(14)4-6-10/h3-6H,7-8,17H2,1-2H3,(H,18,19). The minimum Gasteiger partial charge on any atom is -0.349 e. The summed E-state index contributed by atoms with van der Waals surface area (Å²) in [5.41, 5.74) is 4.93. The third-order valence-corrected chi connectivity index (χ3v) is 4.27. The molecule has 1 aromatic carbocycles. The van der Waals surface area contributed by atoms with Crippen molar-refractivity contribution in [1.82, 2.24) is 5.32 Å². The summed E-state index contributed by atoms with van der Waals surface area (Å²) in [6.45, 7) is 1.85. The van der Waals surface area contributed by atoms with Gasteiger partial charge in [-0.1, -0.05) is 15.9 Å². The second kappa shape index (κ2) is 6.87. The van der Waals surface area contributed by atoms with Gasteiger partial charge in [0, 0.05) is 9.37 Å². The molecule has 0 bridgehead atoms. The Bertz CT molecular complexity index is 466. The van der Waals surface area contributed by atoms with E-state index >= 15 is 0 Å². The van der Waals surface area contributed by atoms with Crippen molar-refractivity contribution in [3.8, 4) is 0 Å². The summed E-state index contributed by atoms with van der Waals surface area (Å²) in [7, 11) is 0. The zero-order valence-electron chi connectivity index (χ0n) is 11.3. The minimum absolute atomic E-state index is 0.446. The first kappa shape index (κ1) is 17.4. The van der Waals surface area contributed by atoms with E-state index < -0.39 is 29.7 Å². The van der Waals surface area contributed by atoms with Crippen LogP contribution in [-0.2, 0) is 4.79 Å². The quantitative estimate of drug-likeness (QED) is 0.760. The minimum atomic E-state index is -3.08. The van der Waals surface area contributed by atoms with Gasteiger partial charge in [-0.15, -0.1) is 11.8 Å². The fourth-order valence-corrected chi connectivity index (χ4v) is 2.63. The number of nitrogens with one attached hydrogen (secondary N) is 1. The van der Waals surface area contributed by atoms with E-state index in [1.807, 2.05) is 24.3 Å². The van der Waals surface area contributed by atoms with Gasteiger partial charge in [-0.05, 0) is 38.1 Å².